The van der Waals surface area contributed by atoms with Crippen LogP contribution in [0.3, 0.4) is 0 Å². The molecule has 0 atom stereocenters. The quantitative estimate of drug-likeness (QED) is 0.666. The summed E-state index contributed by atoms with van der Waals surface area (Å²) in [6.45, 7) is 0. The number of fused-ring (bicyclic) bond motifs is 1. The van der Waals surface area contributed by atoms with Crippen molar-refractivity contribution in [1.29, 1.82) is 0 Å². The molecule has 2 aromatic rings. The third-order valence-corrected chi connectivity index (χ3v) is 4.04. The van der Waals surface area contributed by atoms with E-state index >= 15 is 0 Å². The van der Waals surface area contributed by atoms with E-state index in [-0.39, 0.29) is 0 Å². The van der Waals surface area contributed by atoms with Gasteiger partial charge >= 0.3 is 0 Å². The molecular weight excluding hydrogens is 353 g/mol. The van der Waals surface area contributed by atoms with Crippen molar-refractivity contribution in [2.24, 2.45) is 0 Å². The van der Waals surface area contributed by atoms with Crippen LogP contribution in [0.2, 0.25) is 0 Å². The van der Waals surface area contributed by atoms with E-state index in [2.05, 4.69) is 67.5 Å². The molecule has 0 bridgehead atoms. The van der Waals surface area contributed by atoms with E-state index < -0.39 is 0 Å². The van der Waals surface area contributed by atoms with E-state index in [1.165, 1.54) is 27.3 Å². The van der Waals surface area contributed by atoms with Gasteiger partial charge in [-0.25, -0.2) is 0 Å². The van der Waals surface area contributed by atoms with Gasteiger partial charge in [-0.1, -0.05) is 15.9 Å². The SMILES string of the molecule is Brc1ccc2c(c1)c(I)cn2C1CC1. The average molecular weight is 362 g/mol. The second-order valence-corrected chi connectivity index (χ2v) is 5.85. The second-order valence-electron chi connectivity index (χ2n) is 3.78. The smallest absolute Gasteiger partial charge is 0.0494 e. The lowest BCUT2D eigenvalue weighted by Gasteiger charge is -2.01. The summed E-state index contributed by atoms with van der Waals surface area (Å²) in [5.74, 6) is 0. The molecule has 1 fully saturated rings. The van der Waals surface area contributed by atoms with Crippen LogP contribution in [0.4, 0.5) is 0 Å². The van der Waals surface area contributed by atoms with Crippen molar-refractivity contribution in [2.75, 3.05) is 0 Å². The lowest BCUT2D eigenvalue weighted by Crippen LogP contribution is -1.89. The molecule has 3 rings (SSSR count). The highest BCUT2D eigenvalue weighted by Gasteiger charge is 2.25. The fourth-order valence-electron chi connectivity index (χ4n) is 1.84. The van der Waals surface area contributed by atoms with E-state index in [9.17, 15) is 0 Å². The summed E-state index contributed by atoms with van der Waals surface area (Å²) in [5, 5.41) is 1.37. The molecule has 72 valence electrons. The largest absolute Gasteiger partial charge is 0.343 e. The highest BCUT2D eigenvalue weighted by atomic mass is 127. The van der Waals surface area contributed by atoms with Crippen molar-refractivity contribution in [1.82, 2.24) is 4.57 Å². The standard InChI is InChI=1S/C11H9BrIN/c12-7-1-4-11-9(5-7)10(13)6-14(11)8-2-3-8/h1,4-6,8H,2-3H2. The Balaban J connectivity index is 2.32. The summed E-state index contributed by atoms with van der Waals surface area (Å²) in [6.07, 6.45) is 4.96. The van der Waals surface area contributed by atoms with Crippen LogP contribution in [0.25, 0.3) is 10.9 Å². The Kier molecular flexibility index (Phi) is 2.13. The molecule has 0 saturated heterocycles. The molecule has 1 aliphatic carbocycles. The fourth-order valence-corrected chi connectivity index (χ4v) is 2.93. The van der Waals surface area contributed by atoms with Crippen LogP contribution in [0.5, 0.6) is 0 Å². The summed E-state index contributed by atoms with van der Waals surface area (Å²) < 4.78 is 4.94. The van der Waals surface area contributed by atoms with Gasteiger partial charge in [0.2, 0.25) is 0 Å². The summed E-state index contributed by atoms with van der Waals surface area (Å²) >= 11 is 5.93. The number of halogens is 2. The molecule has 0 aliphatic heterocycles. The van der Waals surface area contributed by atoms with Gasteiger partial charge in [-0.3, -0.25) is 0 Å². The van der Waals surface area contributed by atoms with Crippen molar-refractivity contribution in [2.45, 2.75) is 18.9 Å². The lowest BCUT2D eigenvalue weighted by atomic mass is 10.2. The number of rotatable bonds is 1. The molecule has 0 unspecified atom stereocenters. The maximum Gasteiger partial charge on any atom is 0.0494 e. The minimum atomic E-state index is 0.766. The predicted molar refractivity (Wildman–Crippen MR) is 70.6 cm³/mol. The Bertz CT molecular complexity index is 499. The van der Waals surface area contributed by atoms with Crippen LogP contribution in [0.15, 0.2) is 28.9 Å². The van der Waals surface area contributed by atoms with Gasteiger partial charge in [0, 0.05) is 31.2 Å². The minimum Gasteiger partial charge on any atom is -0.343 e. The summed E-state index contributed by atoms with van der Waals surface area (Å²) in [5.41, 5.74) is 1.38. The number of nitrogens with zero attached hydrogens (tertiary/aromatic N) is 1. The summed E-state index contributed by atoms with van der Waals surface area (Å²) in [6, 6.07) is 7.30. The second kappa shape index (κ2) is 3.23. The first-order valence-electron chi connectivity index (χ1n) is 4.71. The molecule has 3 heteroatoms. The van der Waals surface area contributed by atoms with Crippen molar-refractivity contribution < 1.29 is 0 Å². The van der Waals surface area contributed by atoms with Gasteiger partial charge in [-0.2, -0.15) is 0 Å². The molecule has 0 spiro atoms. The van der Waals surface area contributed by atoms with Crippen molar-refractivity contribution >= 4 is 49.4 Å². The third kappa shape index (κ3) is 1.41. The lowest BCUT2D eigenvalue weighted by molar-refractivity contribution is 0.774. The molecule has 1 aromatic heterocycles. The zero-order chi connectivity index (χ0) is 9.71. The van der Waals surface area contributed by atoms with Crippen LogP contribution >= 0.6 is 38.5 Å². The van der Waals surface area contributed by atoms with Gasteiger partial charge < -0.3 is 4.57 Å². The third-order valence-electron chi connectivity index (χ3n) is 2.69. The number of benzene rings is 1. The first-order valence-corrected chi connectivity index (χ1v) is 6.58. The Morgan fingerprint density at radius 2 is 2.14 bits per heavy atom. The molecule has 1 aliphatic rings. The zero-order valence-corrected chi connectivity index (χ0v) is 11.2. The van der Waals surface area contributed by atoms with E-state index in [0.717, 1.165) is 10.5 Å². The Morgan fingerprint density at radius 1 is 1.36 bits per heavy atom. The van der Waals surface area contributed by atoms with Crippen LogP contribution in [0, 0.1) is 3.57 Å². The molecule has 0 N–H and O–H groups in total. The summed E-state index contributed by atoms with van der Waals surface area (Å²) in [7, 11) is 0. The zero-order valence-electron chi connectivity index (χ0n) is 7.50. The molecule has 0 amide bonds. The first kappa shape index (κ1) is 9.21. The van der Waals surface area contributed by atoms with E-state index in [1.807, 2.05) is 0 Å². The summed E-state index contributed by atoms with van der Waals surface area (Å²) in [4.78, 5) is 0. The van der Waals surface area contributed by atoms with Gasteiger partial charge in [0.05, 0.1) is 0 Å². The molecule has 0 radical (unpaired) electrons. The van der Waals surface area contributed by atoms with Gasteiger partial charge in [0.15, 0.2) is 0 Å². The van der Waals surface area contributed by atoms with Crippen LogP contribution in [-0.4, -0.2) is 4.57 Å². The molecule has 1 aromatic carbocycles. The molecular formula is C11H9BrIN. The van der Waals surface area contributed by atoms with Crippen molar-refractivity contribution in [3.05, 3.63) is 32.4 Å². The van der Waals surface area contributed by atoms with Crippen LogP contribution in [0.1, 0.15) is 18.9 Å². The predicted octanol–water partition coefficient (Wildman–Crippen LogP) is 4.34. The van der Waals surface area contributed by atoms with E-state index in [0.29, 0.717) is 0 Å². The Morgan fingerprint density at radius 3 is 2.86 bits per heavy atom. The number of hydrogen-bond donors (Lipinski definition) is 0. The van der Waals surface area contributed by atoms with Crippen molar-refractivity contribution in [3.8, 4) is 0 Å². The first-order chi connectivity index (χ1) is 6.75. The number of aromatic nitrogens is 1. The monoisotopic (exact) mass is 361 g/mol. The molecule has 1 nitrogen and oxygen atoms in total. The molecule has 1 heterocycles. The minimum absolute atomic E-state index is 0.766. The fraction of sp³-hybridized carbons (Fsp3) is 0.273. The van der Waals surface area contributed by atoms with Gasteiger partial charge in [-0.05, 0) is 53.6 Å². The van der Waals surface area contributed by atoms with E-state index in [4.69, 9.17) is 0 Å². The molecule has 14 heavy (non-hydrogen) atoms. The van der Waals surface area contributed by atoms with E-state index in [1.54, 1.807) is 0 Å². The number of hydrogen-bond acceptors (Lipinski definition) is 0. The molecule has 1 saturated carbocycles. The average Bonchev–Trinajstić information content (AvgIpc) is 2.94. The Labute approximate surface area is 105 Å². The maximum atomic E-state index is 3.52. The topological polar surface area (TPSA) is 4.93 Å². The van der Waals surface area contributed by atoms with Gasteiger partial charge in [-0.15, -0.1) is 0 Å². The Hall–Kier alpha value is -0.0300. The normalized spacial score (nSPS) is 16.4. The van der Waals surface area contributed by atoms with Gasteiger partial charge in [0.25, 0.3) is 0 Å². The van der Waals surface area contributed by atoms with Crippen LogP contribution in [-0.2, 0) is 0 Å². The van der Waals surface area contributed by atoms with Crippen molar-refractivity contribution in [3.63, 3.8) is 0 Å². The highest BCUT2D eigenvalue weighted by molar-refractivity contribution is 14.1. The maximum absolute atomic E-state index is 3.52. The van der Waals surface area contributed by atoms with Gasteiger partial charge in [0.1, 0.15) is 0 Å². The highest BCUT2D eigenvalue weighted by Crippen LogP contribution is 2.39. The van der Waals surface area contributed by atoms with Crippen LogP contribution < -0.4 is 0 Å².